The van der Waals surface area contributed by atoms with Crippen LogP contribution in [0.5, 0.6) is 0 Å². The SMILES string of the molecule is CC(=O)Nc1cccc(-n2c(C)nnc2SCC(=O)NCCC(c2ccccc2)c2ccccc2)c1. The Kier molecular flexibility index (Phi) is 8.52. The Morgan fingerprint density at radius 2 is 1.58 bits per heavy atom. The van der Waals surface area contributed by atoms with E-state index in [0.29, 0.717) is 23.2 Å². The normalized spacial score (nSPS) is 10.9. The highest BCUT2D eigenvalue weighted by molar-refractivity contribution is 7.99. The molecule has 0 atom stereocenters. The summed E-state index contributed by atoms with van der Waals surface area (Å²) < 4.78 is 1.88. The maximum atomic E-state index is 12.7. The van der Waals surface area contributed by atoms with Gasteiger partial charge in [-0.3, -0.25) is 14.2 Å². The molecule has 0 aliphatic carbocycles. The highest BCUT2D eigenvalue weighted by atomic mass is 32.2. The van der Waals surface area contributed by atoms with Crippen LogP contribution in [0.25, 0.3) is 5.69 Å². The molecule has 4 aromatic rings. The molecule has 7 nitrogen and oxygen atoms in total. The Morgan fingerprint density at radius 1 is 0.917 bits per heavy atom. The molecule has 1 aromatic heterocycles. The fourth-order valence-corrected chi connectivity index (χ4v) is 4.92. The third kappa shape index (κ3) is 6.60. The van der Waals surface area contributed by atoms with Crippen LogP contribution in [0.3, 0.4) is 0 Å². The molecule has 0 aliphatic rings. The van der Waals surface area contributed by atoms with Gasteiger partial charge in [0.25, 0.3) is 0 Å². The minimum absolute atomic E-state index is 0.0564. The number of anilines is 1. The van der Waals surface area contributed by atoms with Gasteiger partial charge < -0.3 is 10.6 Å². The van der Waals surface area contributed by atoms with Gasteiger partial charge in [-0.05, 0) is 42.7 Å². The number of carbonyl (C=O) groups excluding carboxylic acids is 2. The molecular weight excluding hydrogens is 470 g/mol. The van der Waals surface area contributed by atoms with Crippen molar-refractivity contribution in [3.05, 3.63) is 102 Å². The zero-order valence-electron chi connectivity index (χ0n) is 20.3. The minimum Gasteiger partial charge on any atom is -0.355 e. The first-order valence-electron chi connectivity index (χ1n) is 11.8. The van der Waals surface area contributed by atoms with Crippen molar-refractivity contribution in [3.8, 4) is 5.69 Å². The van der Waals surface area contributed by atoms with Crippen molar-refractivity contribution in [2.45, 2.75) is 31.3 Å². The number of aromatic nitrogens is 3. The Morgan fingerprint density at radius 3 is 2.22 bits per heavy atom. The second-order valence-electron chi connectivity index (χ2n) is 8.40. The Labute approximate surface area is 215 Å². The summed E-state index contributed by atoms with van der Waals surface area (Å²) in [5, 5.41) is 14.9. The molecular formula is C28H29N5O2S. The smallest absolute Gasteiger partial charge is 0.230 e. The molecule has 4 rings (SSSR count). The number of amides is 2. The van der Waals surface area contributed by atoms with E-state index in [4.69, 9.17) is 0 Å². The van der Waals surface area contributed by atoms with Gasteiger partial charge in [0.2, 0.25) is 11.8 Å². The first kappa shape index (κ1) is 25.2. The van der Waals surface area contributed by atoms with Crippen molar-refractivity contribution in [2.75, 3.05) is 17.6 Å². The standard InChI is InChI=1S/C28H29N5O2S/c1-20-31-32-28(33(20)25-15-9-14-24(18-25)30-21(2)34)36-19-27(35)29-17-16-26(22-10-5-3-6-11-22)23-12-7-4-8-13-23/h3-15,18,26H,16-17,19H2,1-2H3,(H,29,35)(H,30,34). The van der Waals surface area contributed by atoms with Crippen LogP contribution in [0.1, 0.15) is 36.2 Å². The van der Waals surface area contributed by atoms with Crippen molar-refractivity contribution in [2.24, 2.45) is 0 Å². The van der Waals surface area contributed by atoms with Crippen molar-refractivity contribution in [1.29, 1.82) is 0 Å². The van der Waals surface area contributed by atoms with Gasteiger partial charge in [0.05, 0.1) is 11.4 Å². The Hall–Kier alpha value is -3.91. The van der Waals surface area contributed by atoms with Gasteiger partial charge in [-0.1, -0.05) is 78.5 Å². The highest BCUT2D eigenvalue weighted by Gasteiger charge is 2.16. The Balaban J connectivity index is 1.36. The fraction of sp³-hybridized carbons (Fsp3) is 0.214. The summed E-state index contributed by atoms with van der Waals surface area (Å²) in [5.41, 5.74) is 3.98. The quantitative estimate of drug-likeness (QED) is 0.301. The number of thioether (sulfide) groups is 1. The maximum absolute atomic E-state index is 12.7. The zero-order valence-corrected chi connectivity index (χ0v) is 21.2. The number of hydrogen-bond donors (Lipinski definition) is 2. The summed E-state index contributed by atoms with van der Waals surface area (Å²) in [6, 6.07) is 28.2. The number of benzene rings is 3. The topological polar surface area (TPSA) is 88.9 Å². The van der Waals surface area contributed by atoms with Gasteiger partial charge in [0.15, 0.2) is 5.16 Å². The molecule has 0 aliphatic heterocycles. The van der Waals surface area contributed by atoms with Crippen LogP contribution in [0.2, 0.25) is 0 Å². The van der Waals surface area contributed by atoms with Gasteiger partial charge in [-0.2, -0.15) is 0 Å². The molecule has 3 aromatic carbocycles. The Bertz CT molecular complexity index is 1270. The summed E-state index contributed by atoms with van der Waals surface area (Å²) in [4.78, 5) is 24.1. The lowest BCUT2D eigenvalue weighted by molar-refractivity contribution is -0.118. The van der Waals surface area contributed by atoms with Crippen LogP contribution in [0.4, 0.5) is 5.69 Å². The van der Waals surface area contributed by atoms with Gasteiger partial charge in [0.1, 0.15) is 5.82 Å². The lowest BCUT2D eigenvalue weighted by Gasteiger charge is -2.18. The van der Waals surface area contributed by atoms with Crippen molar-refractivity contribution >= 4 is 29.3 Å². The predicted octanol–water partition coefficient (Wildman–Crippen LogP) is 4.96. The van der Waals surface area contributed by atoms with E-state index in [2.05, 4.69) is 45.1 Å². The first-order chi connectivity index (χ1) is 17.5. The van der Waals surface area contributed by atoms with Gasteiger partial charge >= 0.3 is 0 Å². The molecule has 8 heteroatoms. The van der Waals surface area contributed by atoms with E-state index in [-0.39, 0.29) is 23.5 Å². The van der Waals surface area contributed by atoms with E-state index in [9.17, 15) is 9.59 Å². The first-order valence-corrected chi connectivity index (χ1v) is 12.8. The predicted molar refractivity (Wildman–Crippen MR) is 143 cm³/mol. The van der Waals surface area contributed by atoms with Crippen LogP contribution in [0.15, 0.2) is 90.1 Å². The summed E-state index contributed by atoms with van der Waals surface area (Å²) in [7, 11) is 0. The third-order valence-corrected chi connectivity index (χ3v) is 6.64. The maximum Gasteiger partial charge on any atom is 0.230 e. The lowest BCUT2D eigenvalue weighted by Crippen LogP contribution is -2.27. The zero-order chi connectivity index (χ0) is 25.3. The van der Waals surface area contributed by atoms with Crippen molar-refractivity contribution in [1.82, 2.24) is 20.1 Å². The summed E-state index contributed by atoms with van der Waals surface area (Å²) >= 11 is 1.33. The minimum atomic E-state index is -0.138. The molecule has 2 N–H and O–H groups in total. The summed E-state index contributed by atoms with van der Waals surface area (Å²) in [5.74, 6) is 0.943. The van der Waals surface area contributed by atoms with E-state index in [1.165, 1.54) is 29.8 Å². The van der Waals surface area contributed by atoms with E-state index in [0.717, 1.165) is 12.1 Å². The third-order valence-electron chi connectivity index (χ3n) is 5.71. The molecule has 1 heterocycles. The molecule has 0 unspecified atom stereocenters. The van der Waals surface area contributed by atoms with Gasteiger partial charge in [0, 0.05) is 25.1 Å². The molecule has 0 bridgehead atoms. The van der Waals surface area contributed by atoms with E-state index >= 15 is 0 Å². The average molecular weight is 500 g/mol. The number of hydrogen-bond acceptors (Lipinski definition) is 5. The lowest BCUT2D eigenvalue weighted by atomic mass is 9.88. The second-order valence-corrected chi connectivity index (χ2v) is 9.34. The molecule has 0 saturated heterocycles. The molecule has 0 spiro atoms. The number of carbonyl (C=O) groups is 2. The largest absolute Gasteiger partial charge is 0.355 e. The van der Waals surface area contributed by atoms with Crippen LogP contribution < -0.4 is 10.6 Å². The summed E-state index contributed by atoms with van der Waals surface area (Å²) in [6.45, 7) is 3.90. The van der Waals surface area contributed by atoms with Crippen LogP contribution >= 0.6 is 11.8 Å². The van der Waals surface area contributed by atoms with Crippen molar-refractivity contribution < 1.29 is 9.59 Å². The fourth-order valence-electron chi connectivity index (χ4n) is 4.09. The molecule has 36 heavy (non-hydrogen) atoms. The van der Waals surface area contributed by atoms with E-state index < -0.39 is 0 Å². The van der Waals surface area contributed by atoms with Gasteiger partial charge in [-0.15, -0.1) is 10.2 Å². The van der Waals surface area contributed by atoms with Gasteiger partial charge in [-0.25, -0.2) is 0 Å². The van der Waals surface area contributed by atoms with Crippen LogP contribution in [-0.2, 0) is 9.59 Å². The molecule has 0 fully saturated rings. The molecule has 184 valence electrons. The van der Waals surface area contributed by atoms with E-state index in [1.807, 2.05) is 72.2 Å². The number of aryl methyl sites for hydroxylation is 1. The van der Waals surface area contributed by atoms with Crippen LogP contribution in [0, 0.1) is 6.92 Å². The average Bonchev–Trinajstić information content (AvgIpc) is 3.26. The molecule has 2 amide bonds. The second kappa shape index (κ2) is 12.2. The molecule has 0 radical (unpaired) electrons. The molecule has 0 saturated carbocycles. The van der Waals surface area contributed by atoms with Crippen LogP contribution in [-0.4, -0.2) is 38.9 Å². The number of rotatable bonds is 10. The van der Waals surface area contributed by atoms with Crippen molar-refractivity contribution in [3.63, 3.8) is 0 Å². The van der Waals surface area contributed by atoms with E-state index in [1.54, 1.807) is 0 Å². The number of nitrogens with one attached hydrogen (secondary N) is 2. The number of nitrogens with zero attached hydrogens (tertiary/aromatic N) is 3. The monoisotopic (exact) mass is 499 g/mol. The summed E-state index contributed by atoms with van der Waals surface area (Å²) in [6.07, 6.45) is 0.801. The highest BCUT2D eigenvalue weighted by Crippen LogP contribution is 2.27.